The summed E-state index contributed by atoms with van der Waals surface area (Å²) in [7, 11) is 3.46. The second kappa shape index (κ2) is 3.91. The predicted octanol–water partition coefficient (Wildman–Crippen LogP) is 0.00970. The minimum Gasteiger partial charge on any atom is -0.379 e. The first-order chi connectivity index (χ1) is 4.88. The number of rotatable bonds is 2. The zero-order chi connectivity index (χ0) is 7.40. The van der Waals surface area contributed by atoms with Crippen LogP contribution in [-0.4, -0.2) is 39.5 Å². The molecule has 3 nitrogen and oxygen atoms in total. The van der Waals surface area contributed by atoms with Crippen molar-refractivity contribution in [3.63, 3.8) is 0 Å². The Kier molecular flexibility index (Phi) is 3.12. The minimum absolute atomic E-state index is 0.235. The first-order valence-corrected chi connectivity index (χ1v) is 3.64. The van der Waals surface area contributed by atoms with Gasteiger partial charge in [0.25, 0.3) is 0 Å². The van der Waals surface area contributed by atoms with Gasteiger partial charge in [0.15, 0.2) is 0 Å². The molecule has 0 bridgehead atoms. The van der Waals surface area contributed by atoms with Crippen LogP contribution in [0.5, 0.6) is 0 Å². The van der Waals surface area contributed by atoms with Gasteiger partial charge in [-0.05, 0) is 13.0 Å². The van der Waals surface area contributed by atoms with Crippen LogP contribution in [-0.2, 0) is 9.47 Å². The molecule has 60 valence electrons. The van der Waals surface area contributed by atoms with E-state index in [1.165, 1.54) is 0 Å². The molecule has 1 N–H and O–H groups in total. The molecule has 0 aromatic carbocycles. The van der Waals surface area contributed by atoms with Crippen molar-refractivity contribution in [2.24, 2.45) is 0 Å². The molecule has 2 unspecified atom stereocenters. The van der Waals surface area contributed by atoms with Crippen LogP contribution < -0.4 is 5.32 Å². The number of nitrogens with one attached hydrogen (secondary N) is 1. The second-order valence-electron chi connectivity index (χ2n) is 2.54. The molecule has 3 heteroatoms. The van der Waals surface area contributed by atoms with Crippen molar-refractivity contribution in [1.82, 2.24) is 5.32 Å². The van der Waals surface area contributed by atoms with Gasteiger partial charge in [-0.25, -0.2) is 0 Å². The quantitative estimate of drug-likeness (QED) is 0.593. The third-order valence-electron chi connectivity index (χ3n) is 1.97. The van der Waals surface area contributed by atoms with Gasteiger partial charge >= 0.3 is 0 Å². The van der Waals surface area contributed by atoms with Gasteiger partial charge in [-0.3, -0.25) is 0 Å². The second-order valence-corrected chi connectivity index (χ2v) is 2.54. The van der Waals surface area contributed by atoms with Crippen LogP contribution in [0, 0.1) is 0 Å². The van der Waals surface area contributed by atoms with Crippen LogP contribution >= 0.6 is 0 Å². The summed E-state index contributed by atoms with van der Waals surface area (Å²) in [5, 5.41) is 3.25. The van der Waals surface area contributed by atoms with Crippen LogP contribution in [0.3, 0.4) is 0 Å². The lowest BCUT2D eigenvalue weighted by Gasteiger charge is -2.29. The fourth-order valence-electron chi connectivity index (χ4n) is 1.31. The van der Waals surface area contributed by atoms with Crippen molar-refractivity contribution in [3.8, 4) is 0 Å². The summed E-state index contributed by atoms with van der Waals surface area (Å²) < 4.78 is 10.4. The van der Waals surface area contributed by atoms with E-state index in [4.69, 9.17) is 9.47 Å². The lowest BCUT2D eigenvalue weighted by atomic mass is 10.1. The van der Waals surface area contributed by atoms with E-state index in [0.29, 0.717) is 0 Å². The average molecular weight is 145 g/mol. The van der Waals surface area contributed by atoms with Crippen LogP contribution in [0.15, 0.2) is 0 Å². The molecular formula is C7H15NO2. The van der Waals surface area contributed by atoms with E-state index < -0.39 is 0 Å². The molecule has 1 saturated heterocycles. The number of hydrogen-bond acceptors (Lipinski definition) is 3. The Balaban J connectivity index is 2.34. The van der Waals surface area contributed by atoms with E-state index in [9.17, 15) is 0 Å². The van der Waals surface area contributed by atoms with Gasteiger partial charge in [-0.2, -0.15) is 0 Å². The zero-order valence-corrected chi connectivity index (χ0v) is 6.59. The summed E-state index contributed by atoms with van der Waals surface area (Å²) in [6.07, 6.45) is 1.57. The van der Waals surface area contributed by atoms with E-state index >= 15 is 0 Å². The monoisotopic (exact) mass is 145 g/mol. The molecule has 1 aliphatic heterocycles. The molecule has 1 rings (SSSR count). The van der Waals surface area contributed by atoms with Gasteiger partial charge in [0.05, 0.1) is 12.2 Å². The SMILES string of the molecule is COC1CCNCC1OC. The van der Waals surface area contributed by atoms with E-state index in [2.05, 4.69) is 5.32 Å². The Morgan fingerprint density at radius 1 is 1.20 bits per heavy atom. The highest BCUT2D eigenvalue weighted by Crippen LogP contribution is 2.09. The maximum absolute atomic E-state index is 5.23. The largest absolute Gasteiger partial charge is 0.379 e. The van der Waals surface area contributed by atoms with Crippen LogP contribution in [0.4, 0.5) is 0 Å². The molecule has 0 saturated carbocycles. The van der Waals surface area contributed by atoms with Gasteiger partial charge in [-0.15, -0.1) is 0 Å². The summed E-state index contributed by atoms with van der Waals surface area (Å²) in [4.78, 5) is 0. The maximum Gasteiger partial charge on any atom is 0.0957 e. The fraction of sp³-hybridized carbons (Fsp3) is 1.00. The molecule has 0 aromatic rings. The molecule has 0 aromatic heterocycles. The van der Waals surface area contributed by atoms with E-state index in [0.717, 1.165) is 19.5 Å². The first kappa shape index (κ1) is 7.98. The fourth-order valence-corrected chi connectivity index (χ4v) is 1.31. The Morgan fingerprint density at radius 2 is 1.90 bits per heavy atom. The molecule has 1 heterocycles. The zero-order valence-electron chi connectivity index (χ0n) is 6.59. The Labute approximate surface area is 61.7 Å². The van der Waals surface area contributed by atoms with Crippen molar-refractivity contribution >= 4 is 0 Å². The van der Waals surface area contributed by atoms with Gasteiger partial charge in [0.2, 0.25) is 0 Å². The van der Waals surface area contributed by atoms with Crippen molar-refractivity contribution in [3.05, 3.63) is 0 Å². The van der Waals surface area contributed by atoms with Gasteiger partial charge in [0.1, 0.15) is 0 Å². The van der Waals surface area contributed by atoms with Crippen molar-refractivity contribution < 1.29 is 9.47 Å². The lowest BCUT2D eigenvalue weighted by molar-refractivity contribution is -0.0500. The van der Waals surface area contributed by atoms with Crippen molar-refractivity contribution in [2.75, 3.05) is 27.3 Å². The smallest absolute Gasteiger partial charge is 0.0957 e. The van der Waals surface area contributed by atoms with Crippen molar-refractivity contribution in [2.45, 2.75) is 18.6 Å². The lowest BCUT2D eigenvalue weighted by Crippen LogP contribution is -2.45. The molecule has 0 spiro atoms. The summed E-state index contributed by atoms with van der Waals surface area (Å²) in [5.41, 5.74) is 0. The summed E-state index contributed by atoms with van der Waals surface area (Å²) in [6.45, 7) is 1.95. The highest BCUT2D eigenvalue weighted by molar-refractivity contribution is 4.78. The standard InChI is InChI=1S/C7H15NO2/c1-9-6-3-4-8-5-7(6)10-2/h6-8H,3-5H2,1-2H3. The Bertz CT molecular complexity index is 85.6. The summed E-state index contributed by atoms with van der Waals surface area (Å²) >= 11 is 0. The van der Waals surface area contributed by atoms with Crippen molar-refractivity contribution in [1.29, 1.82) is 0 Å². The Hall–Kier alpha value is -0.120. The Morgan fingerprint density at radius 3 is 2.40 bits per heavy atom. The van der Waals surface area contributed by atoms with Gasteiger partial charge in [0, 0.05) is 20.8 Å². The minimum atomic E-state index is 0.235. The van der Waals surface area contributed by atoms with E-state index in [1.807, 2.05) is 0 Å². The molecule has 10 heavy (non-hydrogen) atoms. The van der Waals surface area contributed by atoms with Gasteiger partial charge in [-0.1, -0.05) is 0 Å². The molecule has 1 fully saturated rings. The maximum atomic E-state index is 5.23. The summed E-state index contributed by atoms with van der Waals surface area (Å²) in [5.74, 6) is 0. The summed E-state index contributed by atoms with van der Waals surface area (Å²) in [6, 6.07) is 0. The predicted molar refractivity (Wildman–Crippen MR) is 39.1 cm³/mol. The molecule has 2 atom stereocenters. The molecule has 0 aliphatic carbocycles. The topological polar surface area (TPSA) is 30.5 Å². The molecule has 0 radical (unpaired) electrons. The first-order valence-electron chi connectivity index (χ1n) is 3.64. The third kappa shape index (κ3) is 1.68. The number of methoxy groups -OCH3 is 2. The number of piperidine rings is 1. The molecule has 0 amide bonds. The normalized spacial score (nSPS) is 34.2. The van der Waals surface area contributed by atoms with E-state index in [-0.39, 0.29) is 12.2 Å². The van der Waals surface area contributed by atoms with Crippen LogP contribution in [0.2, 0.25) is 0 Å². The van der Waals surface area contributed by atoms with Crippen LogP contribution in [0.25, 0.3) is 0 Å². The third-order valence-corrected chi connectivity index (χ3v) is 1.97. The molecule has 1 aliphatic rings. The van der Waals surface area contributed by atoms with Crippen LogP contribution in [0.1, 0.15) is 6.42 Å². The number of hydrogen-bond donors (Lipinski definition) is 1. The van der Waals surface area contributed by atoms with E-state index in [1.54, 1.807) is 14.2 Å². The average Bonchev–Trinajstić information content (AvgIpc) is 2.04. The number of ether oxygens (including phenoxy) is 2. The molecular weight excluding hydrogens is 130 g/mol. The highest BCUT2D eigenvalue weighted by Gasteiger charge is 2.23. The van der Waals surface area contributed by atoms with Gasteiger partial charge < -0.3 is 14.8 Å². The highest BCUT2D eigenvalue weighted by atomic mass is 16.5.